The van der Waals surface area contributed by atoms with Crippen molar-refractivity contribution in [3.63, 3.8) is 0 Å². The summed E-state index contributed by atoms with van der Waals surface area (Å²) in [5, 5.41) is 4.45. The van der Waals surface area contributed by atoms with E-state index < -0.39 is 36.0 Å². The highest BCUT2D eigenvalue weighted by atomic mass is 19.3. The zero-order chi connectivity index (χ0) is 16.3. The molecule has 0 spiro atoms. The van der Waals surface area contributed by atoms with Crippen LogP contribution in [0, 0.1) is 5.92 Å². The number of amides is 2. The van der Waals surface area contributed by atoms with Crippen molar-refractivity contribution in [2.75, 3.05) is 13.1 Å². The Labute approximate surface area is 126 Å². The molecule has 0 saturated carbocycles. The lowest BCUT2D eigenvalue weighted by molar-refractivity contribution is -0.141. The van der Waals surface area contributed by atoms with Crippen LogP contribution in [0.15, 0.2) is 30.3 Å². The number of carbonyl (C=O) groups is 3. The van der Waals surface area contributed by atoms with E-state index >= 15 is 0 Å². The Hall–Kier alpha value is -2.31. The van der Waals surface area contributed by atoms with Crippen molar-refractivity contribution in [3.05, 3.63) is 35.9 Å². The summed E-state index contributed by atoms with van der Waals surface area (Å²) < 4.78 is 25.5. The lowest BCUT2D eigenvalue weighted by atomic mass is 9.85. The van der Waals surface area contributed by atoms with Gasteiger partial charge in [-0.3, -0.25) is 14.4 Å². The van der Waals surface area contributed by atoms with E-state index in [0.29, 0.717) is 12.5 Å². The molecule has 2 atom stereocenters. The van der Waals surface area contributed by atoms with Crippen LogP contribution in [0.1, 0.15) is 18.4 Å². The molecule has 1 aromatic carbocycles. The number of hydrogen-bond acceptors (Lipinski definition) is 3. The molecule has 0 radical (unpaired) electrons. The predicted molar refractivity (Wildman–Crippen MR) is 74.3 cm³/mol. The average molecular weight is 310 g/mol. The van der Waals surface area contributed by atoms with Crippen LogP contribution in [0.5, 0.6) is 0 Å². The second-order valence-electron chi connectivity index (χ2n) is 5.36. The molecule has 0 aliphatic carbocycles. The number of rotatable bonds is 5. The summed E-state index contributed by atoms with van der Waals surface area (Å²) in [7, 11) is 0. The average Bonchev–Trinajstić information content (AvgIpc) is 2.86. The van der Waals surface area contributed by atoms with Gasteiger partial charge in [0.2, 0.25) is 11.7 Å². The molecule has 1 saturated heterocycles. The van der Waals surface area contributed by atoms with E-state index in [1.807, 2.05) is 5.32 Å². The number of benzene rings is 1. The number of ketones is 1. The Morgan fingerprint density at radius 1 is 1.32 bits per heavy atom. The van der Waals surface area contributed by atoms with Crippen molar-refractivity contribution >= 4 is 17.6 Å². The third-order valence-electron chi connectivity index (χ3n) is 3.46. The highest BCUT2D eigenvalue weighted by molar-refractivity contribution is 6.38. The topological polar surface area (TPSA) is 75.3 Å². The molecule has 0 aromatic heterocycles. The van der Waals surface area contributed by atoms with Crippen LogP contribution in [0.25, 0.3) is 0 Å². The van der Waals surface area contributed by atoms with Crippen molar-refractivity contribution in [2.45, 2.75) is 18.8 Å². The largest absolute Gasteiger partial charge is 0.355 e. The minimum absolute atomic E-state index is 0.0210. The number of alkyl halides is 2. The van der Waals surface area contributed by atoms with E-state index in [1.54, 1.807) is 30.3 Å². The smallest absolute Gasteiger partial charge is 0.287 e. The standard InChI is InChI=1S/C15H16F2N2O3/c1-15(16,17)8-19-14(22)12(20)10-7-18-13(21)11(10)9-5-3-2-4-6-9/h2-6,10-11H,7-8H2,1H3,(H,18,21)(H,19,22)/t10?,11-/m1/s1. The minimum Gasteiger partial charge on any atom is -0.355 e. The van der Waals surface area contributed by atoms with E-state index in [4.69, 9.17) is 0 Å². The summed E-state index contributed by atoms with van der Waals surface area (Å²) in [4.78, 5) is 35.8. The summed E-state index contributed by atoms with van der Waals surface area (Å²) in [5.41, 5.74) is 0.615. The fraction of sp³-hybridized carbons (Fsp3) is 0.400. The van der Waals surface area contributed by atoms with Crippen molar-refractivity contribution in [2.24, 2.45) is 5.92 Å². The van der Waals surface area contributed by atoms with Crippen LogP contribution < -0.4 is 10.6 Å². The van der Waals surface area contributed by atoms with Gasteiger partial charge in [0.15, 0.2) is 0 Å². The third kappa shape index (κ3) is 3.66. The molecule has 7 heteroatoms. The summed E-state index contributed by atoms with van der Waals surface area (Å²) in [6.45, 7) is -0.250. The molecule has 1 fully saturated rings. The lowest BCUT2D eigenvalue weighted by Crippen LogP contribution is -2.42. The molecule has 22 heavy (non-hydrogen) atoms. The third-order valence-corrected chi connectivity index (χ3v) is 3.46. The van der Waals surface area contributed by atoms with Gasteiger partial charge in [-0.15, -0.1) is 0 Å². The number of carbonyl (C=O) groups excluding carboxylic acids is 3. The fourth-order valence-corrected chi connectivity index (χ4v) is 2.40. The van der Waals surface area contributed by atoms with Crippen LogP contribution in [0.4, 0.5) is 8.78 Å². The highest BCUT2D eigenvalue weighted by Crippen LogP contribution is 2.29. The highest BCUT2D eigenvalue weighted by Gasteiger charge is 2.42. The van der Waals surface area contributed by atoms with Crippen LogP contribution >= 0.6 is 0 Å². The second kappa shape index (κ2) is 6.21. The van der Waals surface area contributed by atoms with E-state index in [2.05, 4.69) is 5.32 Å². The molecule has 2 amide bonds. The van der Waals surface area contributed by atoms with E-state index in [9.17, 15) is 23.2 Å². The molecule has 0 bridgehead atoms. The van der Waals surface area contributed by atoms with Crippen LogP contribution in [-0.4, -0.2) is 36.6 Å². The molecule has 2 rings (SSSR count). The molecule has 1 heterocycles. The number of Topliss-reactive ketones (excluding diaryl/α,β-unsaturated/α-hetero) is 1. The van der Waals surface area contributed by atoms with E-state index in [0.717, 1.165) is 0 Å². The molecule has 1 unspecified atom stereocenters. The molecule has 2 N–H and O–H groups in total. The Morgan fingerprint density at radius 3 is 2.55 bits per heavy atom. The summed E-state index contributed by atoms with van der Waals surface area (Å²) >= 11 is 0. The second-order valence-corrected chi connectivity index (χ2v) is 5.36. The van der Waals surface area contributed by atoms with E-state index in [-0.39, 0.29) is 12.5 Å². The van der Waals surface area contributed by atoms with Crippen LogP contribution in [-0.2, 0) is 14.4 Å². The molecule has 1 aliphatic rings. The van der Waals surface area contributed by atoms with Crippen LogP contribution in [0.3, 0.4) is 0 Å². The van der Waals surface area contributed by atoms with Crippen molar-refractivity contribution in [3.8, 4) is 0 Å². The molecule has 1 aliphatic heterocycles. The molecule has 5 nitrogen and oxygen atoms in total. The Bertz CT molecular complexity index is 584. The van der Waals surface area contributed by atoms with Gasteiger partial charge in [-0.1, -0.05) is 30.3 Å². The zero-order valence-corrected chi connectivity index (χ0v) is 11.9. The first kappa shape index (κ1) is 16.1. The fourth-order valence-electron chi connectivity index (χ4n) is 2.40. The van der Waals surface area contributed by atoms with Gasteiger partial charge in [-0.05, 0) is 5.56 Å². The zero-order valence-electron chi connectivity index (χ0n) is 11.9. The van der Waals surface area contributed by atoms with E-state index in [1.165, 1.54) is 0 Å². The Balaban J connectivity index is 2.11. The van der Waals surface area contributed by atoms with Crippen molar-refractivity contribution in [1.29, 1.82) is 0 Å². The lowest BCUT2D eigenvalue weighted by Gasteiger charge is -2.16. The van der Waals surface area contributed by atoms with Gasteiger partial charge in [0.1, 0.15) is 0 Å². The van der Waals surface area contributed by atoms with Gasteiger partial charge in [0, 0.05) is 13.5 Å². The van der Waals surface area contributed by atoms with Crippen LogP contribution in [0.2, 0.25) is 0 Å². The Morgan fingerprint density at radius 2 is 1.95 bits per heavy atom. The number of nitrogens with one attached hydrogen (secondary N) is 2. The maximum atomic E-state index is 12.7. The first-order valence-electron chi connectivity index (χ1n) is 6.82. The molecule has 118 valence electrons. The van der Waals surface area contributed by atoms with Gasteiger partial charge in [-0.25, -0.2) is 8.78 Å². The first-order chi connectivity index (χ1) is 10.3. The van der Waals surface area contributed by atoms with Crippen molar-refractivity contribution < 1.29 is 23.2 Å². The SMILES string of the molecule is CC(F)(F)CNC(=O)C(=O)C1CNC(=O)[C@@H]1c1ccccc1. The van der Waals surface area contributed by atoms with Gasteiger partial charge in [0.25, 0.3) is 11.8 Å². The quantitative estimate of drug-likeness (QED) is 0.792. The van der Waals surface area contributed by atoms with Gasteiger partial charge < -0.3 is 10.6 Å². The minimum atomic E-state index is -3.10. The Kier molecular flexibility index (Phi) is 4.54. The maximum Gasteiger partial charge on any atom is 0.287 e. The first-order valence-corrected chi connectivity index (χ1v) is 6.82. The molecular formula is C15H16F2N2O3. The molecule has 1 aromatic rings. The monoisotopic (exact) mass is 310 g/mol. The van der Waals surface area contributed by atoms with Crippen molar-refractivity contribution in [1.82, 2.24) is 10.6 Å². The summed E-state index contributed by atoms with van der Waals surface area (Å²) in [5.74, 6) is -7.07. The molecular weight excluding hydrogens is 294 g/mol. The maximum absolute atomic E-state index is 12.7. The summed E-state index contributed by atoms with van der Waals surface area (Å²) in [6.07, 6.45) is 0. The number of halogens is 2. The van der Waals surface area contributed by atoms with Gasteiger partial charge in [0.05, 0.1) is 18.4 Å². The number of hydrogen-bond donors (Lipinski definition) is 2. The van der Waals surface area contributed by atoms with Gasteiger partial charge >= 0.3 is 0 Å². The predicted octanol–water partition coefficient (Wildman–Crippen LogP) is 0.857. The normalized spacial score (nSPS) is 21.3. The van der Waals surface area contributed by atoms with Gasteiger partial charge in [-0.2, -0.15) is 0 Å². The summed E-state index contributed by atoms with van der Waals surface area (Å²) in [6, 6.07) is 8.59.